The number of imide groups is 1. The van der Waals surface area contributed by atoms with Crippen LogP contribution >= 0.6 is 0 Å². The number of carbonyl (C=O) groups is 2. The van der Waals surface area contributed by atoms with Crippen molar-refractivity contribution in [1.29, 1.82) is 0 Å². The van der Waals surface area contributed by atoms with Crippen molar-refractivity contribution in [2.45, 2.75) is 19.4 Å². The number of amides is 2. The Morgan fingerprint density at radius 1 is 0.957 bits per heavy atom. The second-order valence-electron chi connectivity index (χ2n) is 6.01. The lowest BCUT2D eigenvalue weighted by atomic mass is 9.85. The van der Waals surface area contributed by atoms with E-state index in [2.05, 4.69) is 5.10 Å². The van der Waals surface area contributed by atoms with Crippen LogP contribution in [0, 0.1) is 11.8 Å². The molecule has 1 fully saturated rings. The molecule has 23 heavy (non-hydrogen) atoms. The number of benzene rings is 1. The highest BCUT2D eigenvalue weighted by molar-refractivity contribution is 6.05. The fraction of sp³-hybridized carbons (Fsp3) is 0.278. The molecule has 1 aliphatic carbocycles. The van der Waals surface area contributed by atoms with Crippen LogP contribution < -0.4 is 0 Å². The minimum absolute atomic E-state index is 0.0568. The van der Waals surface area contributed by atoms with Gasteiger partial charge in [-0.1, -0.05) is 30.4 Å². The Morgan fingerprint density at radius 2 is 1.61 bits per heavy atom. The van der Waals surface area contributed by atoms with Gasteiger partial charge in [0, 0.05) is 6.20 Å². The number of likely N-dealkylation sites (tertiary alicyclic amines) is 1. The maximum Gasteiger partial charge on any atom is 0.233 e. The number of hydrogen-bond acceptors (Lipinski definition) is 3. The Kier molecular flexibility index (Phi) is 3.33. The van der Waals surface area contributed by atoms with Crippen LogP contribution in [0.2, 0.25) is 0 Å². The Morgan fingerprint density at radius 3 is 2.26 bits per heavy atom. The van der Waals surface area contributed by atoms with Crippen molar-refractivity contribution in [1.82, 2.24) is 14.7 Å². The van der Waals surface area contributed by atoms with E-state index in [1.807, 2.05) is 54.7 Å². The summed E-state index contributed by atoms with van der Waals surface area (Å²) in [6.07, 6.45) is 7.19. The Bertz CT molecular complexity index is 753. The van der Waals surface area contributed by atoms with Crippen molar-refractivity contribution >= 4 is 11.8 Å². The third-order valence-corrected chi connectivity index (χ3v) is 4.58. The van der Waals surface area contributed by atoms with Gasteiger partial charge in [0.2, 0.25) is 11.8 Å². The minimum Gasteiger partial charge on any atom is -0.276 e. The molecule has 2 heterocycles. The van der Waals surface area contributed by atoms with Crippen LogP contribution in [-0.4, -0.2) is 26.5 Å². The lowest BCUT2D eigenvalue weighted by Gasteiger charge is -2.14. The van der Waals surface area contributed by atoms with E-state index in [9.17, 15) is 9.59 Å². The number of aromatic nitrogens is 2. The number of allylic oxidation sites excluding steroid dienone is 2. The fourth-order valence-electron chi connectivity index (χ4n) is 3.36. The lowest BCUT2D eigenvalue weighted by molar-refractivity contribution is -0.140. The molecular formula is C18H17N3O2. The molecule has 2 aliphatic rings. The normalized spacial score (nSPS) is 23.4. The van der Waals surface area contributed by atoms with Crippen molar-refractivity contribution in [3.63, 3.8) is 0 Å². The van der Waals surface area contributed by atoms with Gasteiger partial charge in [-0.05, 0) is 31.0 Å². The quantitative estimate of drug-likeness (QED) is 0.646. The van der Waals surface area contributed by atoms with E-state index in [4.69, 9.17) is 0 Å². The number of fused-ring (bicyclic) bond motifs is 1. The summed E-state index contributed by atoms with van der Waals surface area (Å²) in [6, 6.07) is 11.6. The molecule has 2 atom stereocenters. The molecule has 5 nitrogen and oxygen atoms in total. The summed E-state index contributed by atoms with van der Waals surface area (Å²) < 4.78 is 1.76. The summed E-state index contributed by atoms with van der Waals surface area (Å²) in [6.45, 7) is 0.254. The molecule has 0 unspecified atom stereocenters. The molecule has 116 valence electrons. The fourth-order valence-corrected chi connectivity index (χ4v) is 3.36. The smallest absolute Gasteiger partial charge is 0.233 e. The largest absolute Gasteiger partial charge is 0.276 e. The molecule has 0 bridgehead atoms. The van der Waals surface area contributed by atoms with Crippen LogP contribution in [-0.2, 0) is 16.1 Å². The molecule has 1 aliphatic heterocycles. The molecule has 5 heteroatoms. The molecule has 2 amide bonds. The number of hydrogen-bond donors (Lipinski definition) is 0. The first-order valence-corrected chi connectivity index (χ1v) is 7.84. The monoisotopic (exact) mass is 307 g/mol. The van der Waals surface area contributed by atoms with Crippen LogP contribution in [0.1, 0.15) is 18.5 Å². The number of nitrogens with zero attached hydrogens (tertiary/aromatic N) is 3. The van der Waals surface area contributed by atoms with Gasteiger partial charge in [0.05, 0.1) is 29.8 Å². The molecule has 2 aromatic rings. The first kappa shape index (κ1) is 13.9. The van der Waals surface area contributed by atoms with E-state index >= 15 is 0 Å². The summed E-state index contributed by atoms with van der Waals surface area (Å²) in [5.74, 6) is -0.468. The molecular weight excluding hydrogens is 290 g/mol. The van der Waals surface area contributed by atoms with Crippen LogP contribution in [0.4, 0.5) is 0 Å². The lowest BCUT2D eigenvalue weighted by Crippen LogP contribution is -2.30. The van der Waals surface area contributed by atoms with E-state index in [-0.39, 0.29) is 30.2 Å². The van der Waals surface area contributed by atoms with E-state index < -0.39 is 0 Å². The minimum atomic E-state index is -0.177. The van der Waals surface area contributed by atoms with Crippen LogP contribution in [0.3, 0.4) is 0 Å². The average Bonchev–Trinajstić information content (AvgIpc) is 3.16. The summed E-state index contributed by atoms with van der Waals surface area (Å²) >= 11 is 0. The van der Waals surface area contributed by atoms with Crippen LogP contribution in [0.5, 0.6) is 0 Å². The maximum absolute atomic E-state index is 12.5. The summed E-state index contributed by atoms with van der Waals surface area (Å²) in [5.41, 5.74) is 1.68. The summed E-state index contributed by atoms with van der Waals surface area (Å²) in [7, 11) is 0. The third kappa shape index (κ3) is 2.38. The highest BCUT2D eigenvalue weighted by Crippen LogP contribution is 2.35. The predicted molar refractivity (Wildman–Crippen MR) is 84.5 cm³/mol. The van der Waals surface area contributed by atoms with Crippen molar-refractivity contribution in [2.75, 3.05) is 0 Å². The highest BCUT2D eigenvalue weighted by Gasteiger charge is 2.47. The topological polar surface area (TPSA) is 55.2 Å². The van der Waals surface area contributed by atoms with Crippen molar-refractivity contribution in [2.24, 2.45) is 11.8 Å². The molecule has 1 saturated heterocycles. The summed E-state index contributed by atoms with van der Waals surface area (Å²) in [5, 5.41) is 4.49. The second-order valence-corrected chi connectivity index (χ2v) is 6.01. The Balaban J connectivity index is 1.54. The van der Waals surface area contributed by atoms with Gasteiger partial charge in [-0.3, -0.25) is 14.5 Å². The highest BCUT2D eigenvalue weighted by atomic mass is 16.2. The van der Waals surface area contributed by atoms with Crippen LogP contribution in [0.25, 0.3) is 5.69 Å². The molecule has 0 saturated carbocycles. The van der Waals surface area contributed by atoms with E-state index in [0.29, 0.717) is 12.8 Å². The van der Waals surface area contributed by atoms with Crippen molar-refractivity contribution < 1.29 is 9.59 Å². The Labute approximate surface area is 134 Å². The molecule has 1 aromatic carbocycles. The van der Waals surface area contributed by atoms with Gasteiger partial charge in [-0.2, -0.15) is 5.10 Å². The molecule has 4 rings (SSSR count). The van der Waals surface area contributed by atoms with Gasteiger partial charge in [-0.25, -0.2) is 4.68 Å². The first-order chi connectivity index (χ1) is 11.2. The van der Waals surface area contributed by atoms with Gasteiger partial charge in [0.1, 0.15) is 0 Å². The second kappa shape index (κ2) is 5.50. The van der Waals surface area contributed by atoms with Gasteiger partial charge >= 0.3 is 0 Å². The number of para-hydroxylation sites is 1. The van der Waals surface area contributed by atoms with E-state index in [1.165, 1.54) is 4.90 Å². The van der Waals surface area contributed by atoms with E-state index in [0.717, 1.165) is 11.4 Å². The maximum atomic E-state index is 12.5. The zero-order valence-electron chi connectivity index (χ0n) is 12.6. The van der Waals surface area contributed by atoms with Crippen LogP contribution in [0.15, 0.2) is 54.7 Å². The zero-order valence-corrected chi connectivity index (χ0v) is 12.6. The number of carbonyl (C=O) groups excluding carboxylic acids is 2. The SMILES string of the molecule is O=C1[C@@H]2CC=CC[C@H]2C(=O)N1Cc1ccn(-c2ccccc2)n1. The molecule has 1 aromatic heterocycles. The van der Waals surface area contributed by atoms with Gasteiger partial charge in [-0.15, -0.1) is 0 Å². The number of rotatable bonds is 3. The van der Waals surface area contributed by atoms with Gasteiger partial charge in [0.25, 0.3) is 0 Å². The first-order valence-electron chi connectivity index (χ1n) is 7.84. The Hall–Kier alpha value is -2.69. The predicted octanol–water partition coefficient (Wildman–Crippen LogP) is 2.32. The van der Waals surface area contributed by atoms with Gasteiger partial charge < -0.3 is 0 Å². The average molecular weight is 307 g/mol. The van der Waals surface area contributed by atoms with Gasteiger partial charge in [0.15, 0.2) is 0 Å². The standard InChI is InChI=1S/C18H17N3O2/c22-17-15-8-4-5-9-16(15)18(23)20(17)12-13-10-11-21(19-13)14-6-2-1-3-7-14/h1-7,10-11,15-16H,8-9,12H2/t15-,16-/m1/s1. The zero-order chi connectivity index (χ0) is 15.8. The molecule has 0 radical (unpaired) electrons. The van der Waals surface area contributed by atoms with E-state index in [1.54, 1.807) is 4.68 Å². The summed E-state index contributed by atoms with van der Waals surface area (Å²) in [4.78, 5) is 26.3. The third-order valence-electron chi connectivity index (χ3n) is 4.58. The molecule has 0 N–H and O–H groups in total. The van der Waals surface area contributed by atoms with Crippen molar-refractivity contribution in [3.8, 4) is 5.69 Å². The molecule has 0 spiro atoms. The van der Waals surface area contributed by atoms with Crippen molar-refractivity contribution in [3.05, 3.63) is 60.4 Å².